The lowest BCUT2D eigenvalue weighted by molar-refractivity contribution is -0.122. The molecular formula is C17H21N3O3S. The maximum absolute atomic E-state index is 12.8. The molecule has 4 rings (SSSR count). The van der Waals surface area contributed by atoms with Gasteiger partial charge in [0.05, 0.1) is 17.8 Å². The molecule has 3 heterocycles. The van der Waals surface area contributed by atoms with E-state index >= 15 is 0 Å². The van der Waals surface area contributed by atoms with Gasteiger partial charge in [0.25, 0.3) is 5.56 Å². The second kappa shape index (κ2) is 6.64. The number of ether oxygens (including phenoxy) is 1. The summed E-state index contributed by atoms with van der Waals surface area (Å²) in [5.41, 5.74) is 1.07. The standard InChI is InChI=1S/C17H21N3O3S/c21-14(18-8-11-4-3-7-23-11)9-20-10-19-16-15(17(20)22)12-5-1-2-6-13(12)24-16/h10-11H,1-9H2,(H,18,21)/t11-/m1/s1. The van der Waals surface area contributed by atoms with Crippen molar-refractivity contribution in [1.29, 1.82) is 0 Å². The maximum Gasteiger partial charge on any atom is 0.262 e. The average molecular weight is 347 g/mol. The van der Waals surface area contributed by atoms with Gasteiger partial charge in [0.1, 0.15) is 11.4 Å². The highest BCUT2D eigenvalue weighted by molar-refractivity contribution is 7.18. The monoisotopic (exact) mass is 347 g/mol. The minimum Gasteiger partial charge on any atom is -0.376 e. The molecule has 0 spiro atoms. The van der Waals surface area contributed by atoms with Gasteiger partial charge in [-0.3, -0.25) is 14.2 Å². The van der Waals surface area contributed by atoms with Crippen LogP contribution in [0.15, 0.2) is 11.1 Å². The van der Waals surface area contributed by atoms with Crippen molar-refractivity contribution in [3.8, 4) is 0 Å². The molecule has 1 saturated heterocycles. The number of nitrogens with one attached hydrogen (secondary N) is 1. The Morgan fingerprint density at radius 3 is 3.08 bits per heavy atom. The molecular weight excluding hydrogens is 326 g/mol. The van der Waals surface area contributed by atoms with Gasteiger partial charge in [0, 0.05) is 18.0 Å². The number of fused-ring (bicyclic) bond motifs is 3. The Morgan fingerprint density at radius 2 is 2.25 bits per heavy atom. The number of amides is 1. The van der Waals surface area contributed by atoms with Crippen molar-refractivity contribution in [1.82, 2.24) is 14.9 Å². The summed E-state index contributed by atoms with van der Waals surface area (Å²) >= 11 is 1.63. The molecule has 1 aliphatic heterocycles. The van der Waals surface area contributed by atoms with Crippen LogP contribution in [0, 0.1) is 0 Å². The van der Waals surface area contributed by atoms with Gasteiger partial charge in [0.2, 0.25) is 5.91 Å². The molecule has 7 heteroatoms. The summed E-state index contributed by atoms with van der Waals surface area (Å²) in [5.74, 6) is -0.169. The second-order valence-electron chi connectivity index (χ2n) is 6.51. The van der Waals surface area contributed by atoms with Crippen molar-refractivity contribution in [2.45, 2.75) is 51.2 Å². The van der Waals surface area contributed by atoms with Crippen LogP contribution in [-0.4, -0.2) is 34.7 Å². The summed E-state index contributed by atoms with van der Waals surface area (Å²) in [6, 6.07) is 0. The van der Waals surface area contributed by atoms with E-state index < -0.39 is 0 Å². The molecule has 2 aliphatic rings. The first-order valence-corrected chi connectivity index (χ1v) is 9.42. The number of thiophene rings is 1. The molecule has 0 bridgehead atoms. The molecule has 1 aliphatic carbocycles. The van der Waals surface area contributed by atoms with E-state index in [0.29, 0.717) is 6.54 Å². The SMILES string of the molecule is O=C(Cn1cnc2sc3c(c2c1=O)CCCC3)NC[C@H]1CCCO1. The summed E-state index contributed by atoms with van der Waals surface area (Å²) in [6.45, 7) is 1.29. The number of carbonyl (C=O) groups excluding carboxylic acids is 1. The number of rotatable bonds is 4. The highest BCUT2D eigenvalue weighted by Crippen LogP contribution is 2.33. The lowest BCUT2D eigenvalue weighted by atomic mass is 9.97. The first-order valence-electron chi connectivity index (χ1n) is 8.60. The zero-order valence-corrected chi connectivity index (χ0v) is 14.4. The molecule has 2 aromatic heterocycles. The number of carbonyl (C=O) groups is 1. The van der Waals surface area contributed by atoms with Gasteiger partial charge in [-0.05, 0) is 44.1 Å². The van der Waals surface area contributed by atoms with Crippen molar-refractivity contribution in [2.24, 2.45) is 0 Å². The number of hydrogen-bond acceptors (Lipinski definition) is 5. The Bertz CT molecular complexity index is 820. The van der Waals surface area contributed by atoms with Crippen LogP contribution in [0.3, 0.4) is 0 Å². The van der Waals surface area contributed by atoms with Gasteiger partial charge in [-0.15, -0.1) is 11.3 Å². The van der Waals surface area contributed by atoms with Crippen LogP contribution in [-0.2, 0) is 28.9 Å². The maximum atomic E-state index is 12.8. The molecule has 1 amide bonds. The minimum atomic E-state index is -0.169. The minimum absolute atomic E-state index is 0.0130. The average Bonchev–Trinajstić information content (AvgIpc) is 3.22. The van der Waals surface area contributed by atoms with Crippen LogP contribution in [0.25, 0.3) is 10.2 Å². The summed E-state index contributed by atoms with van der Waals surface area (Å²) in [4.78, 5) is 31.4. The van der Waals surface area contributed by atoms with Crippen LogP contribution in [0.2, 0.25) is 0 Å². The Kier molecular flexibility index (Phi) is 4.37. The quantitative estimate of drug-likeness (QED) is 0.912. The lowest BCUT2D eigenvalue weighted by Gasteiger charge is -2.12. The highest BCUT2D eigenvalue weighted by Gasteiger charge is 2.21. The van der Waals surface area contributed by atoms with Crippen molar-refractivity contribution in [3.05, 3.63) is 27.1 Å². The summed E-state index contributed by atoms with van der Waals surface area (Å²) < 4.78 is 6.92. The van der Waals surface area contributed by atoms with E-state index in [-0.39, 0.29) is 24.1 Å². The molecule has 1 N–H and O–H groups in total. The van der Waals surface area contributed by atoms with E-state index in [4.69, 9.17) is 4.74 Å². The van der Waals surface area contributed by atoms with Gasteiger partial charge in [-0.1, -0.05) is 0 Å². The van der Waals surface area contributed by atoms with Crippen molar-refractivity contribution < 1.29 is 9.53 Å². The Hall–Kier alpha value is -1.73. The van der Waals surface area contributed by atoms with Crippen LogP contribution in [0.5, 0.6) is 0 Å². The Morgan fingerprint density at radius 1 is 1.38 bits per heavy atom. The van der Waals surface area contributed by atoms with Crippen molar-refractivity contribution >= 4 is 27.5 Å². The van der Waals surface area contributed by atoms with Crippen molar-refractivity contribution in [2.75, 3.05) is 13.2 Å². The molecule has 128 valence electrons. The largest absolute Gasteiger partial charge is 0.376 e. The van der Waals surface area contributed by atoms with Gasteiger partial charge in [0.15, 0.2) is 0 Å². The molecule has 0 aromatic carbocycles. The number of nitrogens with zero attached hydrogens (tertiary/aromatic N) is 2. The molecule has 24 heavy (non-hydrogen) atoms. The fourth-order valence-electron chi connectivity index (χ4n) is 3.54. The third-order valence-corrected chi connectivity index (χ3v) is 6.01. The normalized spacial score (nSPS) is 20.2. The Balaban J connectivity index is 1.52. The summed E-state index contributed by atoms with van der Waals surface area (Å²) in [6.07, 6.45) is 7.92. The van der Waals surface area contributed by atoms with E-state index in [0.717, 1.165) is 54.5 Å². The molecule has 0 radical (unpaired) electrons. The van der Waals surface area contributed by atoms with E-state index in [1.54, 1.807) is 11.3 Å². The topological polar surface area (TPSA) is 73.2 Å². The summed E-state index contributed by atoms with van der Waals surface area (Å²) in [5, 5.41) is 3.58. The summed E-state index contributed by atoms with van der Waals surface area (Å²) in [7, 11) is 0. The van der Waals surface area contributed by atoms with E-state index in [1.807, 2.05) is 0 Å². The van der Waals surface area contributed by atoms with Crippen molar-refractivity contribution in [3.63, 3.8) is 0 Å². The first kappa shape index (κ1) is 15.8. The number of hydrogen-bond donors (Lipinski definition) is 1. The highest BCUT2D eigenvalue weighted by atomic mass is 32.1. The molecule has 1 fully saturated rings. The van der Waals surface area contributed by atoms with E-state index in [9.17, 15) is 9.59 Å². The zero-order valence-electron chi connectivity index (χ0n) is 13.5. The molecule has 0 unspecified atom stereocenters. The molecule has 0 saturated carbocycles. The third kappa shape index (κ3) is 2.98. The van der Waals surface area contributed by atoms with Crippen LogP contribution >= 0.6 is 11.3 Å². The smallest absolute Gasteiger partial charge is 0.262 e. The first-order chi connectivity index (χ1) is 11.7. The van der Waals surface area contributed by atoms with E-state index in [2.05, 4.69) is 10.3 Å². The molecule has 6 nitrogen and oxygen atoms in total. The molecule has 1 atom stereocenters. The predicted molar refractivity (Wildman–Crippen MR) is 92.5 cm³/mol. The predicted octanol–water partition coefficient (Wildman–Crippen LogP) is 1.63. The lowest BCUT2D eigenvalue weighted by Crippen LogP contribution is -2.36. The fourth-order valence-corrected chi connectivity index (χ4v) is 4.76. The van der Waals surface area contributed by atoms with Gasteiger partial charge in [-0.2, -0.15) is 0 Å². The third-order valence-electron chi connectivity index (χ3n) is 4.81. The fraction of sp³-hybridized carbons (Fsp3) is 0.588. The van der Waals surface area contributed by atoms with E-state index in [1.165, 1.54) is 22.2 Å². The Labute approximate surface area is 143 Å². The zero-order chi connectivity index (χ0) is 16.5. The van der Waals surface area contributed by atoms with Crippen LogP contribution < -0.4 is 10.9 Å². The van der Waals surface area contributed by atoms with Gasteiger partial charge < -0.3 is 10.1 Å². The number of aryl methyl sites for hydroxylation is 2. The van der Waals surface area contributed by atoms with Gasteiger partial charge in [-0.25, -0.2) is 4.98 Å². The van der Waals surface area contributed by atoms with Crippen LogP contribution in [0.1, 0.15) is 36.1 Å². The van der Waals surface area contributed by atoms with Gasteiger partial charge >= 0.3 is 0 Å². The number of aromatic nitrogens is 2. The van der Waals surface area contributed by atoms with Crippen LogP contribution in [0.4, 0.5) is 0 Å². The second-order valence-corrected chi connectivity index (χ2v) is 7.59. The molecule has 2 aromatic rings.